The Morgan fingerprint density at radius 2 is 1.62 bits per heavy atom. The number of aromatic nitrogens is 2. The molecule has 2 saturated heterocycles. The molecule has 166 valence electrons. The van der Waals surface area contributed by atoms with Crippen molar-refractivity contribution in [2.45, 2.75) is 45.6 Å². The van der Waals surface area contributed by atoms with Crippen molar-refractivity contribution in [1.29, 1.82) is 0 Å². The lowest BCUT2D eigenvalue weighted by Gasteiger charge is -2.36. The molecular weight excluding hydrogens is 396 g/mol. The van der Waals surface area contributed by atoms with E-state index in [4.69, 9.17) is 5.10 Å². The fourth-order valence-corrected chi connectivity index (χ4v) is 5.06. The first-order chi connectivity index (χ1) is 15.6. The highest BCUT2D eigenvalue weighted by atomic mass is 16.2. The maximum Gasteiger partial charge on any atom is 0.257 e. The van der Waals surface area contributed by atoms with E-state index in [2.05, 4.69) is 36.9 Å². The summed E-state index contributed by atoms with van der Waals surface area (Å²) < 4.78 is 1.84. The van der Waals surface area contributed by atoms with Crippen molar-refractivity contribution in [1.82, 2.24) is 19.6 Å². The Hall–Kier alpha value is -2.92. The number of hydrogen-bond acceptors (Lipinski definition) is 3. The van der Waals surface area contributed by atoms with Crippen molar-refractivity contribution >= 4 is 5.91 Å². The number of nitrogens with zero attached hydrogens (tertiary/aromatic N) is 4. The molecule has 5 rings (SSSR count). The number of likely N-dealkylation sites (tertiary alicyclic amines) is 2. The standard InChI is InChI=1S/C27H32N4O/c1-20-10-11-22(18-21(20)2)26-25(19-31(28-26)24-8-4-3-5-9-24)27(32)30-16-12-23(13-17-30)29-14-6-7-15-29/h3-5,8-11,18-19,23H,6-7,12-17H2,1-2H3. The summed E-state index contributed by atoms with van der Waals surface area (Å²) in [7, 11) is 0. The zero-order valence-corrected chi connectivity index (χ0v) is 19.1. The van der Waals surface area contributed by atoms with Crippen LogP contribution in [0.25, 0.3) is 16.9 Å². The summed E-state index contributed by atoms with van der Waals surface area (Å²) in [4.78, 5) is 18.3. The zero-order chi connectivity index (χ0) is 22.1. The third-order valence-electron chi connectivity index (χ3n) is 7.15. The van der Waals surface area contributed by atoms with E-state index < -0.39 is 0 Å². The molecule has 2 aromatic carbocycles. The molecule has 1 amide bonds. The van der Waals surface area contributed by atoms with Gasteiger partial charge in [-0.25, -0.2) is 4.68 Å². The molecule has 32 heavy (non-hydrogen) atoms. The second kappa shape index (κ2) is 8.91. The molecule has 0 radical (unpaired) electrons. The van der Waals surface area contributed by atoms with Gasteiger partial charge in [-0.3, -0.25) is 4.79 Å². The average molecular weight is 429 g/mol. The summed E-state index contributed by atoms with van der Waals surface area (Å²) in [6.45, 7) is 8.31. The number of amides is 1. The van der Waals surface area contributed by atoms with Crippen LogP contribution in [0.3, 0.4) is 0 Å². The first-order valence-corrected chi connectivity index (χ1v) is 11.9. The van der Waals surface area contributed by atoms with E-state index in [1.807, 2.05) is 46.1 Å². The zero-order valence-electron chi connectivity index (χ0n) is 19.1. The minimum Gasteiger partial charge on any atom is -0.338 e. The molecular formula is C27H32N4O. The Morgan fingerprint density at radius 3 is 2.31 bits per heavy atom. The molecule has 0 N–H and O–H groups in total. The van der Waals surface area contributed by atoms with Gasteiger partial charge in [0.2, 0.25) is 0 Å². The van der Waals surface area contributed by atoms with Gasteiger partial charge in [-0.15, -0.1) is 0 Å². The third-order valence-corrected chi connectivity index (χ3v) is 7.15. The van der Waals surface area contributed by atoms with Gasteiger partial charge in [0.25, 0.3) is 5.91 Å². The number of carbonyl (C=O) groups is 1. The van der Waals surface area contributed by atoms with Crippen molar-refractivity contribution < 1.29 is 4.79 Å². The van der Waals surface area contributed by atoms with Crippen molar-refractivity contribution in [2.75, 3.05) is 26.2 Å². The minimum atomic E-state index is 0.0975. The SMILES string of the molecule is Cc1ccc(-c2nn(-c3ccccc3)cc2C(=O)N2CCC(N3CCCC3)CC2)cc1C. The molecule has 2 aliphatic heterocycles. The van der Waals surface area contributed by atoms with Crippen LogP contribution in [-0.2, 0) is 0 Å². The van der Waals surface area contributed by atoms with Crippen molar-refractivity contribution in [3.8, 4) is 16.9 Å². The molecule has 0 atom stereocenters. The van der Waals surface area contributed by atoms with Crippen LogP contribution in [0.4, 0.5) is 0 Å². The van der Waals surface area contributed by atoms with Crippen LogP contribution < -0.4 is 0 Å². The summed E-state index contributed by atoms with van der Waals surface area (Å²) in [6.07, 6.45) is 6.68. The van der Waals surface area contributed by atoms with Crippen molar-refractivity contribution in [3.63, 3.8) is 0 Å². The lowest BCUT2D eigenvalue weighted by atomic mass is 10.00. The van der Waals surface area contributed by atoms with E-state index >= 15 is 0 Å². The highest BCUT2D eigenvalue weighted by Gasteiger charge is 2.30. The van der Waals surface area contributed by atoms with E-state index in [9.17, 15) is 4.79 Å². The molecule has 3 heterocycles. The second-order valence-corrected chi connectivity index (χ2v) is 9.24. The maximum atomic E-state index is 13.7. The molecule has 0 aliphatic carbocycles. The Labute approximate surface area is 190 Å². The Kier molecular flexibility index (Phi) is 5.83. The van der Waals surface area contributed by atoms with Gasteiger partial charge in [0, 0.05) is 30.9 Å². The Morgan fingerprint density at radius 1 is 0.906 bits per heavy atom. The molecule has 1 aromatic heterocycles. The van der Waals surface area contributed by atoms with Crippen LogP contribution >= 0.6 is 0 Å². The fourth-order valence-electron chi connectivity index (χ4n) is 5.06. The lowest BCUT2D eigenvalue weighted by molar-refractivity contribution is 0.0645. The Bertz CT molecular complexity index is 1090. The molecule has 2 fully saturated rings. The van der Waals surface area contributed by atoms with E-state index in [-0.39, 0.29) is 5.91 Å². The number of carbonyl (C=O) groups excluding carboxylic acids is 1. The highest BCUT2D eigenvalue weighted by Crippen LogP contribution is 2.28. The predicted molar refractivity (Wildman–Crippen MR) is 128 cm³/mol. The molecule has 0 unspecified atom stereocenters. The van der Waals surface area contributed by atoms with Gasteiger partial charge in [-0.05, 0) is 81.9 Å². The number of aryl methyl sites for hydroxylation is 2. The monoisotopic (exact) mass is 428 g/mol. The van der Waals surface area contributed by atoms with E-state index in [0.29, 0.717) is 11.6 Å². The van der Waals surface area contributed by atoms with Crippen LogP contribution in [0.2, 0.25) is 0 Å². The Balaban J connectivity index is 1.44. The normalized spacial score (nSPS) is 17.8. The lowest BCUT2D eigenvalue weighted by Crippen LogP contribution is -2.45. The van der Waals surface area contributed by atoms with Gasteiger partial charge in [0.1, 0.15) is 5.69 Å². The third kappa shape index (κ3) is 4.09. The smallest absolute Gasteiger partial charge is 0.257 e. The first kappa shape index (κ1) is 21.0. The number of para-hydroxylation sites is 1. The fraction of sp³-hybridized carbons (Fsp3) is 0.407. The number of rotatable bonds is 4. The topological polar surface area (TPSA) is 41.4 Å². The average Bonchev–Trinajstić information content (AvgIpc) is 3.52. The van der Waals surface area contributed by atoms with Gasteiger partial charge >= 0.3 is 0 Å². The quantitative estimate of drug-likeness (QED) is 0.596. The van der Waals surface area contributed by atoms with Crippen molar-refractivity contribution in [2.24, 2.45) is 0 Å². The summed E-state index contributed by atoms with van der Waals surface area (Å²) in [5.41, 5.74) is 5.87. The largest absolute Gasteiger partial charge is 0.338 e. The van der Waals surface area contributed by atoms with E-state index in [1.165, 1.54) is 37.1 Å². The molecule has 3 aromatic rings. The van der Waals surface area contributed by atoms with Crippen LogP contribution in [0.15, 0.2) is 54.7 Å². The highest BCUT2D eigenvalue weighted by molar-refractivity contribution is 6.00. The minimum absolute atomic E-state index is 0.0975. The van der Waals surface area contributed by atoms with E-state index in [1.54, 1.807) is 0 Å². The summed E-state index contributed by atoms with van der Waals surface area (Å²) in [5, 5.41) is 4.88. The summed E-state index contributed by atoms with van der Waals surface area (Å²) >= 11 is 0. The first-order valence-electron chi connectivity index (χ1n) is 11.9. The molecule has 5 heteroatoms. The van der Waals surface area contributed by atoms with Gasteiger partial charge in [-0.2, -0.15) is 5.10 Å². The summed E-state index contributed by atoms with van der Waals surface area (Å²) in [6, 6.07) is 17.0. The maximum absolute atomic E-state index is 13.7. The second-order valence-electron chi connectivity index (χ2n) is 9.24. The van der Waals surface area contributed by atoms with Crippen LogP contribution in [-0.4, -0.2) is 57.7 Å². The van der Waals surface area contributed by atoms with Gasteiger partial charge in [0.05, 0.1) is 11.3 Å². The summed E-state index contributed by atoms with van der Waals surface area (Å²) in [5.74, 6) is 0.0975. The molecule has 2 aliphatic rings. The predicted octanol–water partition coefficient (Wildman–Crippen LogP) is 4.86. The van der Waals surface area contributed by atoms with E-state index in [0.717, 1.165) is 42.9 Å². The molecule has 0 bridgehead atoms. The number of piperidine rings is 1. The molecule has 0 saturated carbocycles. The number of benzene rings is 2. The van der Waals surface area contributed by atoms with Gasteiger partial charge < -0.3 is 9.80 Å². The molecule has 5 nitrogen and oxygen atoms in total. The van der Waals surface area contributed by atoms with Crippen LogP contribution in [0, 0.1) is 13.8 Å². The van der Waals surface area contributed by atoms with Crippen LogP contribution in [0.1, 0.15) is 47.2 Å². The van der Waals surface area contributed by atoms with Gasteiger partial charge in [0.15, 0.2) is 0 Å². The van der Waals surface area contributed by atoms with Crippen molar-refractivity contribution in [3.05, 3.63) is 71.4 Å². The number of hydrogen-bond donors (Lipinski definition) is 0. The molecule has 0 spiro atoms. The van der Waals surface area contributed by atoms with Gasteiger partial charge in [-0.1, -0.05) is 30.3 Å². The van der Waals surface area contributed by atoms with Crippen LogP contribution in [0.5, 0.6) is 0 Å².